The summed E-state index contributed by atoms with van der Waals surface area (Å²) in [5, 5.41) is 9.09. The predicted molar refractivity (Wildman–Crippen MR) is 69.8 cm³/mol. The van der Waals surface area contributed by atoms with E-state index >= 15 is 0 Å². The molecule has 2 aromatic carbocycles. The molecule has 0 spiro atoms. The van der Waals surface area contributed by atoms with Crippen LogP contribution < -0.4 is 0 Å². The fourth-order valence-electron chi connectivity index (χ4n) is 1.82. The van der Waals surface area contributed by atoms with Crippen LogP contribution in [-0.4, -0.2) is 29.5 Å². The van der Waals surface area contributed by atoms with Gasteiger partial charge in [0.25, 0.3) is 0 Å². The van der Waals surface area contributed by atoms with Gasteiger partial charge in [0.15, 0.2) is 0 Å². The topological polar surface area (TPSA) is 63.1 Å². The molecule has 0 aliphatic rings. The van der Waals surface area contributed by atoms with E-state index < -0.39 is 5.97 Å². The Hall–Kier alpha value is -2.43. The summed E-state index contributed by atoms with van der Waals surface area (Å²) in [6, 6.07) is 12.4. The van der Waals surface area contributed by atoms with Crippen LogP contribution in [0.4, 0.5) is 0 Å². The van der Waals surface area contributed by atoms with Crippen LogP contribution in [0.3, 0.4) is 0 Å². The lowest BCUT2D eigenvalue weighted by atomic mass is 10.1. The Balaban J connectivity index is 0.00000120. The van der Waals surface area contributed by atoms with Crippen molar-refractivity contribution in [1.82, 2.24) is 9.97 Å². The van der Waals surface area contributed by atoms with Gasteiger partial charge in [-0.3, -0.25) is 0 Å². The number of aromatic nitrogens is 2. The van der Waals surface area contributed by atoms with Crippen LogP contribution in [0.25, 0.3) is 22.1 Å². The number of carboxylic acids is 1. The number of benzene rings is 2. The summed E-state index contributed by atoms with van der Waals surface area (Å²) in [4.78, 5) is 19.8. The maximum absolute atomic E-state index is 11.1. The first-order valence-corrected chi connectivity index (χ1v) is 5.14. The second-order valence-corrected chi connectivity index (χ2v) is 3.69. The molecule has 3 radical (unpaired) electrons. The van der Waals surface area contributed by atoms with Crippen molar-refractivity contribution < 1.29 is 9.90 Å². The van der Waals surface area contributed by atoms with E-state index in [1.807, 2.05) is 24.3 Å². The molecule has 0 saturated carbocycles. The molecule has 1 aromatic heterocycles. The van der Waals surface area contributed by atoms with Gasteiger partial charge in [0.1, 0.15) is 5.52 Å². The molecule has 1 heterocycles. The summed E-state index contributed by atoms with van der Waals surface area (Å²) >= 11 is 0. The van der Waals surface area contributed by atoms with Crippen LogP contribution in [0.1, 0.15) is 10.4 Å². The highest BCUT2D eigenvalue weighted by Gasteiger charge is 2.10. The van der Waals surface area contributed by atoms with Crippen molar-refractivity contribution in [1.29, 1.82) is 0 Å². The van der Waals surface area contributed by atoms with Crippen molar-refractivity contribution in [2.45, 2.75) is 0 Å². The van der Waals surface area contributed by atoms with Crippen LogP contribution >= 0.6 is 0 Å². The smallest absolute Gasteiger partial charge is 0.337 e. The zero-order chi connectivity index (χ0) is 11.8. The SMILES string of the molecule is O=C(O)c1cccc2nc3ccccc3nc12.[B]. The van der Waals surface area contributed by atoms with Gasteiger partial charge in [-0.05, 0) is 24.3 Å². The number of hydrogen-bond donors (Lipinski definition) is 1. The van der Waals surface area contributed by atoms with E-state index in [4.69, 9.17) is 5.11 Å². The van der Waals surface area contributed by atoms with E-state index in [0.29, 0.717) is 16.6 Å². The molecule has 0 atom stereocenters. The minimum Gasteiger partial charge on any atom is -0.478 e. The van der Waals surface area contributed by atoms with Gasteiger partial charge < -0.3 is 5.11 Å². The Bertz CT molecular complexity index is 743. The molecule has 18 heavy (non-hydrogen) atoms. The van der Waals surface area contributed by atoms with Crippen molar-refractivity contribution in [3.8, 4) is 0 Å². The molecular weight excluding hydrogens is 227 g/mol. The highest BCUT2D eigenvalue weighted by atomic mass is 16.4. The molecule has 0 aliphatic heterocycles. The van der Waals surface area contributed by atoms with Gasteiger partial charge in [-0.15, -0.1) is 0 Å². The maximum Gasteiger partial charge on any atom is 0.337 e. The van der Waals surface area contributed by atoms with E-state index in [2.05, 4.69) is 9.97 Å². The van der Waals surface area contributed by atoms with E-state index in [1.54, 1.807) is 12.1 Å². The highest BCUT2D eigenvalue weighted by Crippen LogP contribution is 2.19. The third-order valence-electron chi connectivity index (χ3n) is 2.60. The largest absolute Gasteiger partial charge is 0.478 e. The van der Waals surface area contributed by atoms with Crippen LogP contribution in [0.2, 0.25) is 0 Å². The summed E-state index contributed by atoms with van der Waals surface area (Å²) in [5.74, 6) is -0.986. The Morgan fingerprint density at radius 2 is 1.50 bits per heavy atom. The Morgan fingerprint density at radius 3 is 2.17 bits per heavy atom. The normalized spacial score (nSPS) is 10.2. The molecule has 3 aromatic rings. The van der Waals surface area contributed by atoms with Gasteiger partial charge in [-0.2, -0.15) is 0 Å². The van der Waals surface area contributed by atoms with Gasteiger partial charge in [-0.25, -0.2) is 14.8 Å². The number of aromatic carboxylic acids is 1. The van der Waals surface area contributed by atoms with Gasteiger partial charge in [0.05, 0.1) is 22.1 Å². The molecule has 0 aliphatic carbocycles. The van der Waals surface area contributed by atoms with Crippen LogP contribution in [0.15, 0.2) is 42.5 Å². The molecule has 3 rings (SSSR count). The Kier molecular flexibility index (Phi) is 2.98. The number of fused-ring (bicyclic) bond motifs is 2. The first-order valence-electron chi connectivity index (χ1n) is 5.14. The van der Waals surface area contributed by atoms with E-state index in [9.17, 15) is 4.79 Å². The quantitative estimate of drug-likeness (QED) is 0.518. The fraction of sp³-hybridized carbons (Fsp3) is 0. The Labute approximate surface area is 105 Å². The number of carboxylic acid groups (broad SMARTS) is 1. The van der Waals surface area contributed by atoms with E-state index in [-0.39, 0.29) is 14.0 Å². The first kappa shape index (κ1) is 12.0. The second kappa shape index (κ2) is 4.45. The molecule has 0 unspecified atom stereocenters. The summed E-state index contributed by atoms with van der Waals surface area (Å²) in [7, 11) is 0. The van der Waals surface area contributed by atoms with Crippen molar-refractivity contribution >= 4 is 36.4 Å². The summed E-state index contributed by atoms with van der Waals surface area (Å²) < 4.78 is 0. The van der Waals surface area contributed by atoms with E-state index in [1.165, 1.54) is 6.07 Å². The number of carbonyl (C=O) groups is 1. The minimum absolute atomic E-state index is 0. The highest BCUT2D eigenvalue weighted by molar-refractivity contribution is 6.02. The molecular formula is C13H8BN2O2. The third kappa shape index (κ3) is 1.80. The van der Waals surface area contributed by atoms with Crippen molar-refractivity contribution in [3.63, 3.8) is 0 Å². The molecule has 0 amide bonds. The van der Waals surface area contributed by atoms with Crippen molar-refractivity contribution in [2.24, 2.45) is 0 Å². The van der Waals surface area contributed by atoms with Crippen LogP contribution in [-0.2, 0) is 0 Å². The molecule has 85 valence electrons. The van der Waals surface area contributed by atoms with Gasteiger partial charge >= 0.3 is 5.97 Å². The first-order chi connectivity index (χ1) is 8.25. The Morgan fingerprint density at radius 1 is 0.889 bits per heavy atom. The number of para-hydroxylation sites is 3. The van der Waals surface area contributed by atoms with Gasteiger partial charge in [0, 0.05) is 8.41 Å². The van der Waals surface area contributed by atoms with Crippen LogP contribution in [0, 0.1) is 0 Å². The zero-order valence-electron chi connectivity index (χ0n) is 9.37. The molecule has 0 bridgehead atoms. The lowest BCUT2D eigenvalue weighted by Crippen LogP contribution is -1.99. The number of hydrogen-bond acceptors (Lipinski definition) is 3. The number of nitrogens with zero attached hydrogens (tertiary/aromatic N) is 2. The molecule has 0 fully saturated rings. The van der Waals surface area contributed by atoms with Gasteiger partial charge in [0.2, 0.25) is 0 Å². The zero-order valence-corrected chi connectivity index (χ0v) is 9.37. The molecule has 4 nitrogen and oxygen atoms in total. The summed E-state index contributed by atoms with van der Waals surface area (Å²) in [5.41, 5.74) is 2.68. The van der Waals surface area contributed by atoms with Gasteiger partial charge in [-0.1, -0.05) is 18.2 Å². The lowest BCUT2D eigenvalue weighted by molar-refractivity contribution is 0.0699. The average Bonchev–Trinajstić information content (AvgIpc) is 2.35. The second-order valence-electron chi connectivity index (χ2n) is 3.69. The third-order valence-corrected chi connectivity index (χ3v) is 2.60. The molecule has 5 heteroatoms. The monoisotopic (exact) mass is 235 g/mol. The minimum atomic E-state index is -0.986. The standard InChI is InChI=1S/C13H8N2O2.B/c16-13(17)8-4-3-7-11-12(8)15-10-6-2-1-5-9(10)14-11;/h1-7H,(H,16,17);. The summed E-state index contributed by atoms with van der Waals surface area (Å²) in [6.07, 6.45) is 0. The average molecular weight is 235 g/mol. The molecule has 1 N–H and O–H groups in total. The number of rotatable bonds is 1. The molecule has 0 saturated heterocycles. The summed E-state index contributed by atoms with van der Waals surface area (Å²) in [6.45, 7) is 0. The fourth-order valence-corrected chi connectivity index (χ4v) is 1.82. The van der Waals surface area contributed by atoms with Crippen LogP contribution in [0.5, 0.6) is 0 Å². The van der Waals surface area contributed by atoms with Crippen molar-refractivity contribution in [2.75, 3.05) is 0 Å². The lowest BCUT2D eigenvalue weighted by Gasteiger charge is -2.03. The van der Waals surface area contributed by atoms with E-state index in [0.717, 1.165) is 5.52 Å². The maximum atomic E-state index is 11.1. The predicted octanol–water partition coefficient (Wildman–Crippen LogP) is 2.10. The van der Waals surface area contributed by atoms with Crippen molar-refractivity contribution in [3.05, 3.63) is 48.0 Å².